The van der Waals surface area contributed by atoms with Crippen LogP contribution >= 0.6 is 0 Å². The number of hydrogen-bond donors (Lipinski definition) is 1. The molecular formula is C15H21ClN3O2-. The van der Waals surface area contributed by atoms with Gasteiger partial charge in [-0.25, -0.2) is 0 Å². The van der Waals surface area contributed by atoms with E-state index in [0.717, 1.165) is 35.9 Å². The number of rotatable bonds is 4. The minimum atomic E-state index is 0. The van der Waals surface area contributed by atoms with Crippen molar-refractivity contribution in [2.75, 3.05) is 20.8 Å². The number of aliphatic imine (C=N–C) groups is 1. The van der Waals surface area contributed by atoms with E-state index >= 15 is 0 Å². The smallest absolute Gasteiger partial charge is 0.131 e. The molecule has 0 spiro atoms. The minimum Gasteiger partial charge on any atom is -1.00 e. The molecule has 0 aromatic heterocycles. The first kappa shape index (κ1) is 17.3. The van der Waals surface area contributed by atoms with E-state index in [1.54, 1.807) is 20.4 Å². The molecule has 5 nitrogen and oxygen atoms in total. The fourth-order valence-electron chi connectivity index (χ4n) is 2.07. The van der Waals surface area contributed by atoms with E-state index in [0.29, 0.717) is 0 Å². The minimum absolute atomic E-state index is 0. The molecule has 1 aliphatic rings. The van der Waals surface area contributed by atoms with Crippen LogP contribution in [0.2, 0.25) is 0 Å². The third-order valence-electron chi connectivity index (χ3n) is 3.21. The number of halogens is 1. The lowest BCUT2D eigenvalue weighted by Gasteiger charge is -2.07. The van der Waals surface area contributed by atoms with Crippen LogP contribution in [0.4, 0.5) is 0 Å². The highest BCUT2D eigenvalue weighted by atomic mass is 35.5. The van der Waals surface area contributed by atoms with E-state index in [2.05, 4.69) is 15.5 Å². The zero-order valence-electron chi connectivity index (χ0n) is 12.4. The lowest BCUT2D eigenvalue weighted by atomic mass is 10.2. The SMILES string of the molecule is COc1ccc(C=NNC2=NCCCCC2)c(OC)c1.[Cl-]. The summed E-state index contributed by atoms with van der Waals surface area (Å²) in [6, 6.07) is 5.63. The van der Waals surface area contributed by atoms with Crippen LogP contribution in [0.1, 0.15) is 31.2 Å². The van der Waals surface area contributed by atoms with E-state index in [1.165, 1.54) is 19.3 Å². The Bertz CT molecular complexity index is 504. The van der Waals surface area contributed by atoms with E-state index in [1.807, 2.05) is 18.2 Å². The Hall–Kier alpha value is -1.75. The molecule has 0 amide bonds. The van der Waals surface area contributed by atoms with Crippen LogP contribution < -0.4 is 27.3 Å². The standard InChI is InChI=1S/C15H21N3O2.ClH/c1-19-13-8-7-12(14(10-13)20-2)11-17-18-15-6-4-3-5-9-16-15;/h7-8,10-11H,3-6,9H2,1-2H3,(H,16,18);1H/p-1. The number of nitrogens with one attached hydrogen (secondary N) is 1. The summed E-state index contributed by atoms with van der Waals surface area (Å²) < 4.78 is 10.5. The lowest BCUT2D eigenvalue weighted by Crippen LogP contribution is -3.00. The normalized spacial score (nSPS) is 14.9. The molecule has 0 aliphatic carbocycles. The Balaban J connectivity index is 0.00000220. The quantitative estimate of drug-likeness (QED) is 0.608. The van der Waals surface area contributed by atoms with Crippen LogP contribution in [-0.4, -0.2) is 32.8 Å². The molecule has 0 saturated heterocycles. The summed E-state index contributed by atoms with van der Waals surface area (Å²) in [6.07, 6.45) is 6.29. The molecule has 0 radical (unpaired) electrons. The summed E-state index contributed by atoms with van der Waals surface area (Å²) in [4.78, 5) is 4.46. The predicted molar refractivity (Wildman–Crippen MR) is 81.0 cm³/mol. The van der Waals surface area contributed by atoms with Gasteiger partial charge in [-0.15, -0.1) is 0 Å². The highest BCUT2D eigenvalue weighted by Gasteiger charge is 2.04. The van der Waals surface area contributed by atoms with Gasteiger partial charge in [0.2, 0.25) is 0 Å². The van der Waals surface area contributed by atoms with Gasteiger partial charge in [-0.05, 0) is 25.0 Å². The molecular weight excluding hydrogens is 290 g/mol. The van der Waals surface area contributed by atoms with Gasteiger partial charge in [0, 0.05) is 24.6 Å². The Labute approximate surface area is 131 Å². The van der Waals surface area contributed by atoms with Crippen LogP contribution in [0.25, 0.3) is 0 Å². The van der Waals surface area contributed by atoms with Crippen molar-refractivity contribution in [2.45, 2.75) is 25.7 Å². The topological polar surface area (TPSA) is 55.2 Å². The van der Waals surface area contributed by atoms with Crippen molar-refractivity contribution in [2.24, 2.45) is 10.1 Å². The van der Waals surface area contributed by atoms with Crippen molar-refractivity contribution < 1.29 is 21.9 Å². The summed E-state index contributed by atoms with van der Waals surface area (Å²) in [5, 5.41) is 4.24. The zero-order valence-corrected chi connectivity index (χ0v) is 13.2. The van der Waals surface area contributed by atoms with Gasteiger partial charge in [0.25, 0.3) is 0 Å². The second-order valence-electron chi connectivity index (χ2n) is 4.62. The first-order valence-electron chi connectivity index (χ1n) is 6.88. The molecule has 1 heterocycles. The molecule has 21 heavy (non-hydrogen) atoms. The van der Waals surface area contributed by atoms with Crippen molar-refractivity contribution in [3.05, 3.63) is 23.8 Å². The molecule has 6 heteroatoms. The van der Waals surface area contributed by atoms with Gasteiger partial charge < -0.3 is 21.9 Å². The number of ether oxygens (including phenoxy) is 2. The molecule has 1 N–H and O–H groups in total. The monoisotopic (exact) mass is 310 g/mol. The number of nitrogens with zero attached hydrogens (tertiary/aromatic N) is 2. The Morgan fingerprint density at radius 3 is 2.81 bits per heavy atom. The van der Waals surface area contributed by atoms with Crippen molar-refractivity contribution >= 4 is 12.1 Å². The summed E-state index contributed by atoms with van der Waals surface area (Å²) in [5.41, 5.74) is 3.92. The molecule has 0 bridgehead atoms. The second-order valence-corrected chi connectivity index (χ2v) is 4.62. The molecule has 116 valence electrons. The number of benzene rings is 1. The average Bonchev–Trinajstić information content (AvgIpc) is 2.76. The molecule has 1 aliphatic heterocycles. The van der Waals surface area contributed by atoms with Crippen molar-refractivity contribution in [1.82, 2.24) is 5.43 Å². The van der Waals surface area contributed by atoms with Gasteiger partial charge in [0.15, 0.2) is 0 Å². The first-order chi connectivity index (χ1) is 9.83. The Morgan fingerprint density at radius 2 is 2.05 bits per heavy atom. The number of hydrogen-bond acceptors (Lipinski definition) is 5. The zero-order chi connectivity index (χ0) is 14.2. The van der Waals surface area contributed by atoms with Gasteiger partial charge in [0.1, 0.15) is 17.3 Å². The highest BCUT2D eigenvalue weighted by molar-refractivity contribution is 5.87. The molecule has 1 aromatic rings. The van der Waals surface area contributed by atoms with Gasteiger partial charge in [-0.2, -0.15) is 5.10 Å². The van der Waals surface area contributed by atoms with Crippen molar-refractivity contribution in [1.29, 1.82) is 0 Å². The maximum Gasteiger partial charge on any atom is 0.131 e. The molecule has 0 atom stereocenters. The first-order valence-corrected chi connectivity index (χ1v) is 6.88. The van der Waals surface area contributed by atoms with Crippen molar-refractivity contribution in [3.8, 4) is 11.5 Å². The van der Waals surface area contributed by atoms with Crippen LogP contribution in [0.5, 0.6) is 11.5 Å². The third kappa shape index (κ3) is 5.27. The summed E-state index contributed by atoms with van der Waals surface area (Å²) >= 11 is 0. The molecule has 0 saturated carbocycles. The number of amidine groups is 1. The summed E-state index contributed by atoms with van der Waals surface area (Å²) in [7, 11) is 3.27. The summed E-state index contributed by atoms with van der Waals surface area (Å²) in [6.45, 7) is 0.893. The van der Waals surface area contributed by atoms with Gasteiger partial charge in [-0.1, -0.05) is 6.42 Å². The van der Waals surface area contributed by atoms with Crippen LogP contribution in [0.15, 0.2) is 28.3 Å². The maximum absolute atomic E-state index is 5.32. The fraction of sp³-hybridized carbons (Fsp3) is 0.467. The van der Waals surface area contributed by atoms with E-state index in [4.69, 9.17) is 9.47 Å². The Morgan fingerprint density at radius 1 is 1.19 bits per heavy atom. The lowest BCUT2D eigenvalue weighted by molar-refractivity contribution is -0.00000488. The van der Waals surface area contributed by atoms with Crippen LogP contribution in [-0.2, 0) is 0 Å². The van der Waals surface area contributed by atoms with E-state index in [9.17, 15) is 0 Å². The molecule has 1 aromatic carbocycles. The van der Waals surface area contributed by atoms with E-state index < -0.39 is 0 Å². The third-order valence-corrected chi connectivity index (χ3v) is 3.21. The fourth-order valence-corrected chi connectivity index (χ4v) is 2.07. The molecule has 2 rings (SSSR count). The van der Waals surface area contributed by atoms with Gasteiger partial charge in [-0.3, -0.25) is 10.4 Å². The van der Waals surface area contributed by atoms with Crippen LogP contribution in [0, 0.1) is 0 Å². The predicted octanol–water partition coefficient (Wildman–Crippen LogP) is -0.396. The van der Waals surface area contributed by atoms with E-state index in [-0.39, 0.29) is 12.4 Å². The number of hydrazone groups is 1. The largest absolute Gasteiger partial charge is 1.00 e. The molecule has 0 fully saturated rings. The van der Waals surface area contributed by atoms with Gasteiger partial charge >= 0.3 is 0 Å². The molecule has 0 unspecified atom stereocenters. The highest BCUT2D eigenvalue weighted by Crippen LogP contribution is 2.22. The van der Waals surface area contributed by atoms with Crippen LogP contribution in [0.3, 0.4) is 0 Å². The second kappa shape index (κ2) is 9.23. The van der Waals surface area contributed by atoms with Gasteiger partial charge in [0.05, 0.1) is 20.4 Å². The average molecular weight is 311 g/mol. The van der Waals surface area contributed by atoms with Crippen molar-refractivity contribution in [3.63, 3.8) is 0 Å². The Kier molecular flexibility index (Phi) is 7.61. The number of methoxy groups -OCH3 is 2. The summed E-state index contributed by atoms with van der Waals surface area (Å²) in [5.74, 6) is 2.46. The maximum atomic E-state index is 5.32.